The highest BCUT2D eigenvalue weighted by molar-refractivity contribution is 5.50. The zero-order valence-corrected chi connectivity index (χ0v) is 15.7. The van der Waals surface area contributed by atoms with E-state index < -0.39 is 0 Å². The van der Waals surface area contributed by atoms with Crippen molar-refractivity contribution < 1.29 is 5.11 Å². The first-order chi connectivity index (χ1) is 10.5. The first-order valence-electron chi connectivity index (χ1n) is 8.87. The Labute approximate surface area is 142 Å². The van der Waals surface area contributed by atoms with Crippen LogP contribution < -0.4 is 0 Å². The van der Waals surface area contributed by atoms with E-state index in [1.54, 1.807) is 0 Å². The molecule has 1 aliphatic rings. The molecule has 2 heteroatoms. The number of rotatable bonds is 2. The maximum Gasteiger partial charge on any atom is 0.123 e. The number of phenolic OH excluding ortho intramolecular Hbond substituents is 1. The Morgan fingerprint density at radius 2 is 1.35 bits per heavy atom. The van der Waals surface area contributed by atoms with Crippen molar-refractivity contribution in [2.45, 2.75) is 90.0 Å². The Hall–Kier alpha value is -1.31. The van der Waals surface area contributed by atoms with Gasteiger partial charge in [0.2, 0.25) is 0 Å². The lowest BCUT2D eigenvalue weighted by atomic mass is 9.74. The topological polar surface area (TPSA) is 32.6 Å². The number of aromatic hydroxyl groups is 1. The van der Waals surface area contributed by atoms with Crippen LogP contribution in [0.1, 0.15) is 89.8 Å². The number of hydrogen-bond donors (Lipinski definition) is 1. The van der Waals surface area contributed by atoms with Crippen LogP contribution >= 0.6 is 0 Å². The molecule has 2 rings (SSSR count). The second kappa shape index (κ2) is 6.30. The molecule has 0 atom stereocenters. The largest absolute Gasteiger partial charge is 0.507 e. The summed E-state index contributed by atoms with van der Waals surface area (Å²) in [5, 5.41) is 10.8. The smallest absolute Gasteiger partial charge is 0.123 e. The third-order valence-corrected chi connectivity index (χ3v) is 5.17. The second-order valence-corrected chi connectivity index (χ2v) is 9.15. The number of aliphatic imine (C=N–C) groups is 1. The quantitative estimate of drug-likeness (QED) is 0.696. The molecular formula is C21H33NO. The Balaban J connectivity index is 2.46. The van der Waals surface area contributed by atoms with Crippen molar-refractivity contribution in [2.75, 3.05) is 0 Å². The van der Waals surface area contributed by atoms with Gasteiger partial charge in [-0.2, -0.15) is 0 Å². The molecule has 23 heavy (non-hydrogen) atoms. The average molecular weight is 316 g/mol. The van der Waals surface area contributed by atoms with Crippen LogP contribution in [0.15, 0.2) is 17.1 Å². The van der Waals surface area contributed by atoms with Crippen molar-refractivity contribution in [3.8, 4) is 5.75 Å². The van der Waals surface area contributed by atoms with Gasteiger partial charge in [0.25, 0.3) is 0 Å². The van der Waals surface area contributed by atoms with E-state index in [-0.39, 0.29) is 10.8 Å². The fourth-order valence-electron chi connectivity index (χ4n) is 3.63. The lowest BCUT2D eigenvalue weighted by molar-refractivity contribution is 0.393. The van der Waals surface area contributed by atoms with Gasteiger partial charge < -0.3 is 5.11 Å². The summed E-state index contributed by atoms with van der Waals surface area (Å²) >= 11 is 0. The first kappa shape index (κ1) is 18.0. The van der Waals surface area contributed by atoms with Gasteiger partial charge in [0.05, 0.1) is 0 Å². The van der Waals surface area contributed by atoms with Crippen LogP contribution in [-0.2, 0) is 10.8 Å². The molecule has 1 fully saturated rings. The summed E-state index contributed by atoms with van der Waals surface area (Å²) in [5.74, 6) is 1.06. The van der Waals surface area contributed by atoms with Crippen molar-refractivity contribution in [3.63, 3.8) is 0 Å². The molecule has 2 nitrogen and oxygen atoms in total. The molecular weight excluding hydrogens is 282 g/mol. The van der Waals surface area contributed by atoms with Gasteiger partial charge in [0, 0.05) is 6.04 Å². The van der Waals surface area contributed by atoms with Gasteiger partial charge in [-0.15, -0.1) is 0 Å². The second-order valence-electron chi connectivity index (χ2n) is 9.15. The Kier molecular flexibility index (Phi) is 4.94. The molecule has 0 amide bonds. The van der Waals surface area contributed by atoms with E-state index in [1.807, 2.05) is 0 Å². The summed E-state index contributed by atoms with van der Waals surface area (Å²) < 4.78 is 0. The molecule has 128 valence electrons. The van der Waals surface area contributed by atoms with E-state index in [0.717, 1.165) is 24.0 Å². The van der Waals surface area contributed by atoms with Gasteiger partial charge in [-0.3, -0.25) is 4.99 Å². The third-order valence-electron chi connectivity index (χ3n) is 5.17. The number of nitrogens with zero attached hydrogens (tertiary/aromatic N) is 1. The van der Waals surface area contributed by atoms with Gasteiger partial charge in [0.1, 0.15) is 5.75 Å². The van der Waals surface area contributed by atoms with Crippen LogP contribution in [0, 0.1) is 0 Å². The van der Waals surface area contributed by atoms with Crippen LogP contribution in [0.5, 0.6) is 5.75 Å². The highest BCUT2D eigenvalue weighted by Gasteiger charge is 2.29. The molecule has 1 aromatic rings. The van der Waals surface area contributed by atoms with Crippen molar-refractivity contribution in [2.24, 2.45) is 4.99 Å². The van der Waals surface area contributed by atoms with E-state index in [9.17, 15) is 5.11 Å². The SMILES string of the molecule is C=NC1CCC(c2cc(C(C)(C)C)c(O)c(C(C)(C)C)c2)CC1. The fourth-order valence-corrected chi connectivity index (χ4v) is 3.63. The highest BCUT2D eigenvalue weighted by atomic mass is 16.3. The first-order valence-corrected chi connectivity index (χ1v) is 8.87. The summed E-state index contributed by atoms with van der Waals surface area (Å²) in [6, 6.07) is 4.93. The molecule has 0 unspecified atom stereocenters. The standard InChI is InChI=1S/C21H33NO/c1-20(2,3)17-12-15(13-18(19(17)23)21(4,5)6)14-8-10-16(22-7)11-9-14/h12-14,16,23H,7-11H2,1-6H3. The van der Waals surface area contributed by atoms with Crippen molar-refractivity contribution in [1.82, 2.24) is 0 Å². The third kappa shape index (κ3) is 3.97. The van der Waals surface area contributed by atoms with Crippen LogP contribution in [0.4, 0.5) is 0 Å². The van der Waals surface area contributed by atoms with Gasteiger partial charge in [-0.25, -0.2) is 0 Å². The number of phenols is 1. The monoisotopic (exact) mass is 315 g/mol. The Morgan fingerprint density at radius 3 is 1.70 bits per heavy atom. The van der Waals surface area contributed by atoms with Crippen molar-refractivity contribution in [1.29, 1.82) is 0 Å². The minimum Gasteiger partial charge on any atom is -0.507 e. The molecule has 0 bridgehead atoms. The summed E-state index contributed by atoms with van der Waals surface area (Å²) in [5.41, 5.74) is 3.42. The summed E-state index contributed by atoms with van der Waals surface area (Å²) in [7, 11) is 0. The van der Waals surface area contributed by atoms with E-state index in [0.29, 0.717) is 17.7 Å². The molecule has 0 aromatic heterocycles. The molecule has 1 N–H and O–H groups in total. The Morgan fingerprint density at radius 1 is 0.913 bits per heavy atom. The molecule has 0 saturated heterocycles. The molecule has 0 aliphatic heterocycles. The molecule has 0 heterocycles. The van der Waals surface area contributed by atoms with Gasteiger partial charge >= 0.3 is 0 Å². The lowest BCUT2D eigenvalue weighted by Crippen LogP contribution is -2.20. The molecule has 1 aliphatic carbocycles. The summed E-state index contributed by atoms with van der Waals surface area (Å²) in [4.78, 5) is 4.21. The van der Waals surface area contributed by atoms with Crippen molar-refractivity contribution >= 4 is 6.72 Å². The van der Waals surface area contributed by atoms with Crippen molar-refractivity contribution in [3.05, 3.63) is 28.8 Å². The summed E-state index contributed by atoms with van der Waals surface area (Å²) in [6.07, 6.45) is 4.60. The summed E-state index contributed by atoms with van der Waals surface area (Å²) in [6.45, 7) is 16.8. The zero-order chi connectivity index (χ0) is 17.4. The van der Waals surface area contributed by atoms with E-state index in [1.165, 1.54) is 18.4 Å². The predicted octanol–water partition coefficient (Wildman–Crippen LogP) is 5.71. The van der Waals surface area contributed by atoms with E-state index in [4.69, 9.17) is 0 Å². The zero-order valence-electron chi connectivity index (χ0n) is 15.7. The van der Waals surface area contributed by atoms with Gasteiger partial charge in [-0.05, 0) is 65.8 Å². The van der Waals surface area contributed by atoms with E-state index >= 15 is 0 Å². The molecule has 1 aromatic carbocycles. The maximum atomic E-state index is 10.8. The van der Waals surface area contributed by atoms with E-state index in [2.05, 4.69) is 65.4 Å². The lowest BCUT2D eigenvalue weighted by Gasteiger charge is -2.32. The van der Waals surface area contributed by atoms with Crippen LogP contribution in [-0.4, -0.2) is 17.9 Å². The molecule has 0 spiro atoms. The Bertz CT molecular complexity index is 531. The average Bonchev–Trinajstić information content (AvgIpc) is 2.45. The molecule has 1 saturated carbocycles. The molecule has 0 radical (unpaired) electrons. The van der Waals surface area contributed by atoms with Crippen LogP contribution in [0.2, 0.25) is 0 Å². The minimum absolute atomic E-state index is 0.0556. The van der Waals surface area contributed by atoms with Crippen LogP contribution in [0.25, 0.3) is 0 Å². The number of benzene rings is 1. The van der Waals surface area contributed by atoms with Gasteiger partial charge in [-0.1, -0.05) is 53.7 Å². The normalized spacial score (nSPS) is 22.9. The number of hydrogen-bond acceptors (Lipinski definition) is 2. The van der Waals surface area contributed by atoms with Gasteiger partial charge in [0.15, 0.2) is 0 Å². The maximum absolute atomic E-state index is 10.8. The minimum atomic E-state index is -0.0556. The highest BCUT2D eigenvalue weighted by Crippen LogP contribution is 2.43. The predicted molar refractivity (Wildman–Crippen MR) is 100 cm³/mol. The van der Waals surface area contributed by atoms with Crippen LogP contribution in [0.3, 0.4) is 0 Å². The fraction of sp³-hybridized carbons (Fsp3) is 0.667.